The van der Waals surface area contributed by atoms with Crippen molar-refractivity contribution in [1.82, 2.24) is 5.32 Å². The molecule has 0 radical (unpaired) electrons. The molecule has 2 atom stereocenters. The molecule has 2 aliphatic heterocycles. The standard InChI is InChI=1S/C20H28N2O3/c1-19(2,3)25-18(23)21-12-7-6-8-22(11-12)15-10-16-14-9-13(15)17(14)20(4,5)24-16/h9-10,12,17H,6-8,11H2,1-5H3,(H,21,23). The van der Waals surface area contributed by atoms with Gasteiger partial charge < -0.3 is 19.7 Å². The van der Waals surface area contributed by atoms with Crippen molar-refractivity contribution in [2.75, 3.05) is 18.0 Å². The van der Waals surface area contributed by atoms with E-state index in [0.29, 0.717) is 5.92 Å². The Labute approximate surface area is 149 Å². The Kier molecular flexibility index (Phi) is 3.50. The predicted octanol–water partition coefficient (Wildman–Crippen LogP) is 3.80. The third kappa shape index (κ3) is 2.83. The van der Waals surface area contributed by atoms with Crippen molar-refractivity contribution in [2.45, 2.75) is 70.6 Å². The molecule has 2 aliphatic carbocycles. The highest BCUT2D eigenvalue weighted by molar-refractivity contribution is 5.73. The van der Waals surface area contributed by atoms with E-state index >= 15 is 0 Å². The molecular weight excluding hydrogens is 316 g/mol. The van der Waals surface area contributed by atoms with Crippen LogP contribution in [0.1, 0.15) is 64.5 Å². The average molecular weight is 344 g/mol. The van der Waals surface area contributed by atoms with Crippen molar-refractivity contribution in [3.05, 3.63) is 23.3 Å². The molecule has 0 aromatic heterocycles. The molecule has 1 N–H and O–H groups in total. The van der Waals surface area contributed by atoms with Gasteiger partial charge in [0.15, 0.2) is 0 Å². The smallest absolute Gasteiger partial charge is 0.407 e. The first-order chi connectivity index (χ1) is 11.6. The second kappa shape index (κ2) is 5.29. The van der Waals surface area contributed by atoms with Crippen LogP contribution in [-0.4, -0.2) is 36.4 Å². The lowest BCUT2D eigenvalue weighted by Crippen LogP contribution is -2.49. The summed E-state index contributed by atoms with van der Waals surface area (Å²) in [4.78, 5) is 14.5. The number of alkyl carbamates (subject to hydrolysis) is 1. The van der Waals surface area contributed by atoms with Crippen LogP contribution in [0.4, 0.5) is 10.5 Å². The van der Waals surface area contributed by atoms with Crippen LogP contribution in [0, 0.1) is 0 Å². The number of hydrogen-bond acceptors (Lipinski definition) is 4. The minimum absolute atomic E-state index is 0.118. The van der Waals surface area contributed by atoms with Gasteiger partial charge in [-0.3, -0.25) is 0 Å². The number of rotatable bonds is 2. The number of piperidine rings is 1. The maximum atomic E-state index is 12.1. The first-order valence-electron chi connectivity index (χ1n) is 9.25. The van der Waals surface area contributed by atoms with E-state index in [-0.39, 0.29) is 17.7 Å². The van der Waals surface area contributed by atoms with E-state index in [1.54, 1.807) is 0 Å². The number of ether oxygens (including phenoxy) is 2. The number of carbonyl (C=O) groups excluding carboxylic acids is 1. The molecule has 4 aliphatic rings. The van der Waals surface area contributed by atoms with E-state index < -0.39 is 5.60 Å². The normalized spacial score (nSPS) is 25.9. The van der Waals surface area contributed by atoms with Gasteiger partial charge in [-0.2, -0.15) is 0 Å². The van der Waals surface area contributed by atoms with E-state index in [0.717, 1.165) is 31.7 Å². The Morgan fingerprint density at radius 1 is 1.32 bits per heavy atom. The molecule has 5 heteroatoms. The lowest BCUT2D eigenvalue weighted by atomic mass is 9.72. The monoisotopic (exact) mass is 344 g/mol. The zero-order valence-electron chi connectivity index (χ0n) is 15.8. The van der Waals surface area contributed by atoms with Gasteiger partial charge in [0.25, 0.3) is 0 Å². The van der Waals surface area contributed by atoms with Gasteiger partial charge in [0, 0.05) is 36.4 Å². The second-order valence-corrected chi connectivity index (χ2v) is 9.02. The van der Waals surface area contributed by atoms with Gasteiger partial charge >= 0.3 is 6.09 Å². The maximum absolute atomic E-state index is 12.1. The van der Waals surface area contributed by atoms with Crippen LogP contribution in [0.15, 0.2) is 12.1 Å². The van der Waals surface area contributed by atoms with Gasteiger partial charge in [0.05, 0.1) is 5.92 Å². The van der Waals surface area contributed by atoms with Crippen LogP contribution in [0.5, 0.6) is 5.75 Å². The minimum Gasteiger partial charge on any atom is -0.486 e. The molecule has 0 spiro atoms. The third-order valence-corrected chi connectivity index (χ3v) is 5.33. The predicted molar refractivity (Wildman–Crippen MR) is 97.6 cm³/mol. The molecule has 2 heterocycles. The quantitative estimate of drug-likeness (QED) is 0.887. The highest BCUT2D eigenvalue weighted by Crippen LogP contribution is 2.59. The molecule has 1 saturated heterocycles. The average Bonchev–Trinajstić information content (AvgIpc) is 2.56. The van der Waals surface area contributed by atoms with Gasteiger partial charge in [-0.25, -0.2) is 4.79 Å². The van der Waals surface area contributed by atoms with Crippen LogP contribution in [-0.2, 0) is 4.74 Å². The fourth-order valence-corrected chi connectivity index (χ4v) is 4.37. The van der Waals surface area contributed by atoms with Crippen LogP contribution < -0.4 is 15.0 Å². The Morgan fingerprint density at radius 2 is 2.08 bits per heavy atom. The van der Waals surface area contributed by atoms with Crippen molar-refractivity contribution in [2.24, 2.45) is 0 Å². The highest BCUT2D eigenvalue weighted by Gasteiger charge is 2.50. The highest BCUT2D eigenvalue weighted by atomic mass is 16.6. The van der Waals surface area contributed by atoms with Crippen LogP contribution in [0.25, 0.3) is 0 Å². The SMILES string of the molecule is CC(C)(C)OC(=O)NC1CCCN(c2cc3c4cc2C4C(C)(C)O3)C1. The molecule has 5 nitrogen and oxygen atoms in total. The summed E-state index contributed by atoms with van der Waals surface area (Å²) in [6.45, 7) is 11.8. The number of fused-ring (bicyclic) bond motifs is 1. The molecule has 4 bridgehead atoms. The molecule has 1 aromatic rings. The fraction of sp³-hybridized carbons (Fsp3) is 0.650. The number of nitrogens with one attached hydrogen (secondary N) is 1. The van der Waals surface area contributed by atoms with E-state index in [2.05, 4.69) is 36.2 Å². The summed E-state index contributed by atoms with van der Waals surface area (Å²) in [6, 6.07) is 4.58. The van der Waals surface area contributed by atoms with Gasteiger partial charge in [-0.05, 0) is 59.1 Å². The lowest BCUT2D eigenvalue weighted by molar-refractivity contribution is 0.0500. The first kappa shape index (κ1) is 16.6. The first-order valence-corrected chi connectivity index (χ1v) is 9.25. The Bertz CT molecular complexity index is 720. The summed E-state index contributed by atoms with van der Waals surface area (Å²) in [5.74, 6) is 1.43. The topological polar surface area (TPSA) is 50.8 Å². The summed E-state index contributed by atoms with van der Waals surface area (Å²) < 4.78 is 11.5. The van der Waals surface area contributed by atoms with Gasteiger partial charge in [0.2, 0.25) is 0 Å². The van der Waals surface area contributed by atoms with Crippen molar-refractivity contribution in [3.63, 3.8) is 0 Å². The van der Waals surface area contributed by atoms with Gasteiger partial charge in [-0.15, -0.1) is 0 Å². The van der Waals surface area contributed by atoms with Crippen molar-refractivity contribution in [1.29, 1.82) is 0 Å². The fourth-order valence-electron chi connectivity index (χ4n) is 4.37. The van der Waals surface area contributed by atoms with Crippen molar-refractivity contribution in [3.8, 4) is 5.75 Å². The Balaban J connectivity index is 1.46. The largest absolute Gasteiger partial charge is 0.486 e. The van der Waals surface area contributed by atoms with E-state index in [4.69, 9.17) is 9.47 Å². The summed E-state index contributed by atoms with van der Waals surface area (Å²) in [5.41, 5.74) is 3.41. The van der Waals surface area contributed by atoms with E-state index in [1.165, 1.54) is 16.8 Å². The lowest BCUT2D eigenvalue weighted by Gasteiger charge is -2.39. The molecule has 1 aromatic carbocycles. The number of carbonyl (C=O) groups is 1. The number of nitrogens with zero attached hydrogens (tertiary/aromatic N) is 1. The number of hydrogen-bond donors (Lipinski definition) is 1. The van der Waals surface area contributed by atoms with Crippen molar-refractivity contribution >= 4 is 11.8 Å². The van der Waals surface area contributed by atoms with Crippen LogP contribution in [0.2, 0.25) is 0 Å². The molecule has 5 rings (SSSR count). The molecule has 25 heavy (non-hydrogen) atoms. The van der Waals surface area contributed by atoms with Crippen molar-refractivity contribution < 1.29 is 14.3 Å². The maximum Gasteiger partial charge on any atom is 0.407 e. The van der Waals surface area contributed by atoms with E-state index in [1.807, 2.05) is 20.8 Å². The summed E-state index contributed by atoms with van der Waals surface area (Å²) >= 11 is 0. The Hall–Kier alpha value is -1.91. The zero-order chi connectivity index (χ0) is 18.0. The molecule has 1 amide bonds. The van der Waals surface area contributed by atoms with E-state index in [9.17, 15) is 4.79 Å². The number of benzene rings is 1. The third-order valence-electron chi connectivity index (χ3n) is 5.33. The second-order valence-electron chi connectivity index (χ2n) is 9.02. The van der Waals surface area contributed by atoms with Gasteiger partial charge in [-0.1, -0.05) is 0 Å². The summed E-state index contributed by atoms with van der Waals surface area (Å²) in [5, 5.41) is 3.03. The molecular formula is C20H28N2O3. The van der Waals surface area contributed by atoms with Crippen LogP contribution in [0.3, 0.4) is 0 Å². The Morgan fingerprint density at radius 3 is 2.76 bits per heavy atom. The van der Waals surface area contributed by atoms with Gasteiger partial charge in [0.1, 0.15) is 17.0 Å². The molecule has 0 saturated carbocycles. The van der Waals surface area contributed by atoms with Crippen LogP contribution >= 0.6 is 0 Å². The zero-order valence-corrected chi connectivity index (χ0v) is 15.8. The molecule has 1 fully saturated rings. The summed E-state index contributed by atoms with van der Waals surface area (Å²) in [6.07, 6.45) is 1.72. The summed E-state index contributed by atoms with van der Waals surface area (Å²) in [7, 11) is 0. The molecule has 2 unspecified atom stereocenters. The number of anilines is 1. The molecule has 136 valence electrons. The number of amides is 1. The minimum atomic E-state index is -0.466.